The SMILES string of the molecule is O=c1c(Cl)c(N2CCC(n3cccn3)CC2)cnn1-c1ccc(Cl)cc1. The largest absolute Gasteiger partial charge is 0.369 e. The summed E-state index contributed by atoms with van der Waals surface area (Å²) in [5.41, 5.74) is 0.978. The molecular weight excluding hydrogens is 373 g/mol. The van der Waals surface area contributed by atoms with Gasteiger partial charge in [-0.3, -0.25) is 9.48 Å². The molecule has 0 radical (unpaired) electrons. The lowest BCUT2D eigenvalue weighted by molar-refractivity contribution is 0.366. The quantitative estimate of drug-likeness (QED) is 0.686. The fourth-order valence-corrected chi connectivity index (χ4v) is 3.65. The summed E-state index contributed by atoms with van der Waals surface area (Å²) < 4.78 is 3.29. The fourth-order valence-electron chi connectivity index (χ4n) is 3.28. The molecule has 1 aromatic carbocycles. The van der Waals surface area contributed by atoms with E-state index in [0.717, 1.165) is 25.9 Å². The molecule has 1 fully saturated rings. The Labute approximate surface area is 160 Å². The van der Waals surface area contributed by atoms with E-state index in [1.807, 2.05) is 16.9 Å². The van der Waals surface area contributed by atoms with Gasteiger partial charge in [0.15, 0.2) is 0 Å². The van der Waals surface area contributed by atoms with E-state index in [4.69, 9.17) is 23.2 Å². The van der Waals surface area contributed by atoms with E-state index in [9.17, 15) is 4.79 Å². The van der Waals surface area contributed by atoms with Gasteiger partial charge in [0.2, 0.25) is 0 Å². The molecule has 4 rings (SSSR count). The third-order valence-electron chi connectivity index (χ3n) is 4.68. The number of nitrogens with zero attached hydrogens (tertiary/aromatic N) is 5. The monoisotopic (exact) mass is 389 g/mol. The van der Waals surface area contributed by atoms with Gasteiger partial charge in [-0.15, -0.1) is 0 Å². The minimum atomic E-state index is -0.333. The van der Waals surface area contributed by atoms with Gasteiger partial charge in [0.05, 0.1) is 23.6 Å². The van der Waals surface area contributed by atoms with Crippen LogP contribution in [0.2, 0.25) is 10.0 Å². The van der Waals surface area contributed by atoms with Crippen molar-refractivity contribution in [3.05, 3.63) is 69.3 Å². The predicted molar refractivity (Wildman–Crippen MR) is 103 cm³/mol. The van der Waals surface area contributed by atoms with Gasteiger partial charge in [0.25, 0.3) is 5.56 Å². The molecule has 0 amide bonds. The van der Waals surface area contributed by atoms with Crippen LogP contribution < -0.4 is 10.5 Å². The van der Waals surface area contributed by atoms with Crippen LogP contribution in [0.1, 0.15) is 18.9 Å². The Kier molecular flexibility index (Phi) is 4.70. The topological polar surface area (TPSA) is 56.0 Å². The maximum atomic E-state index is 12.7. The zero-order valence-electron chi connectivity index (χ0n) is 13.9. The number of hydrogen-bond acceptors (Lipinski definition) is 4. The molecule has 6 nitrogen and oxygen atoms in total. The summed E-state index contributed by atoms with van der Waals surface area (Å²) in [7, 11) is 0. The predicted octanol–water partition coefficient (Wildman–Crippen LogP) is 3.58. The lowest BCUT2D eigenvalue weighted by atomic mass is 10.0. The first-order valence-corrected chi connectivity index (χ1v) is 9.17. The van der Waals surface area contributed by atoms with Crippen LogP contribution >= 0.6 is 23.2 Å². The van der Waals surface area contributed by atoms with Crippen molar-refractivity contribution in [2.24, 2.45) is 0 Å². The van der Waals surface area contributed by atoms with Gasteiger partial charge in [-0.05, 0) is 43.2 Å². The maximum Gasteiger partial charge on any atom is 0.292 e. The number of hydrogen-bond donors (Lipinski definition) is 0. The van der Waals surface area contributed by atoms with E-state index in [-0.39, 0.29) is 10.6 Å². The summed E-state index contributed by atoms with van der Waals surface area (Å²) in [6.07, 6.45) is 7.33. The number of aromatic nitrogens is 4. The third-order valence-corrected chi connectivity index (χ3v) is 5.28. The van der Waals surface area contributed by atoms with Crippen molar-refractivity contribution in [2.75, 3.05) is 18.0 Å². The van der Waals surface area contributed by atoms with Gasteiger partial charge >= 0.3 is 0 Å². The molecule has 0 spiro atoms. The van der Waals surface area contributed by atoms with E-state index < -0.39 is 0 Å². The van der Waals surface area contributed by atoms with Crippen molar-refractivity contribution in [2.45, 2.75) is 18.9 Å². The van der Waals surface area contributed by atoms with Crippen LogP contribution in [0.15, 0.2) is 53.7 Å². The van der Waals surface area contributed by atoms with Crippen LogP contribution in [0.25, 0.3) is 5.69 Å². The third kappa shape index (κ3) is 3.22. The standard InChI is InChI=1S/C18H17Cl2N5O/c19-13-2-4-15(5-3-13)25-18(26)17(20)16(12-22-25)23-10-6-14(7-11-23)24-9-1-8-21-24/h1-5,8-9,12,14H,6-7,10-11H2. The zero-order valence-corrected chi connectivity index (χ0v) is 15.4. The van der Waals surface area contributed by atoms with Crippen LogP contribution in [0.3, 0.4) is 0 Å². The molecule has 134 valence electrons. The summed E-state index contributed by atoms with van der Waals surface area (Å²) in [6, 6.07) is 9.22. The molecular formula is C18H17Cl2N5O. The molecule has 0 atom stereocenters. The maximum absolute atomic E-state index is 12.7. The summed E-state index contributed by atoms with van der Waals surface area (Å²) >= 11 is 12.3. The van der Waals surface area contributed by atoms with Gasteiger partial charge in [-0.25, -0.2) is 0 Å². The molecule has 1 saturated heterocycles. The van der Waals surface area contributed by atoms with E-state index in [1.54, 1.807) is 36.7 Å². The van der Waals surface area contributed by atoms with Crippen LogP contribution in [0, 0.1) is 0 Å². The summed E-state index contributed by atoms with van der Waals surface area (Å²) in [6.45, 7) is 1.60. The van der Waals surface area contributed by atoms with E-state index >= 15 is 0 Å². The highest BCUT2D eigenvalue weighted by Crippen LogP contribution is 2.29. The van der Waals surface area contributed by atoms with Crippen molar-refractivity contribution in [1.82, 2.24) is 19.6 Å². The van der Waals surface area contributed by atoms with Crippen molar-refractivity contribution in [3.8, 4) is 5.69 Å². The van der Waals surface area contributed by atoms with E-state index in [2.05, 4.69) is 15.1 Å². The lowest BCUT2D eigenvalue weighted by Gasteiger charge is -2.33. The Hall–Kier alpha value is -2.31. The first kappa shape index (κ1) is 17.1. The Balaban J connectivity index is 1.56. The number of piperidine rings is 1. The number of rotatable bonds is 3. The highest BCUT2D eigenvalue weighted by atomic mass is 35.5. The highest BCUT2D eigenvalue weighted by molar-refractivity contribution is 6.33. The summed E-state index contributed by atoms with van der Waals surface area (Å²) in [4.78, 5) is 14.8. The molecule has 0 saturated carbocycles. The zero-order chi connectivity index (χ0) is 18.1. The van der Waals surface area contributed by atoms with Crippen molar-refractivity contribution >= 4 is 28.9 Å². The van der Waals surface area contributed by atoms with Crippen LogP contribution in [-0.4, -0.2) is 32.7 Å². The van der Waals surface area contributed by atoms with Crippen molar-refractivity contribution < 1.29 is 0 Å². The van der Waals surface area contributed by atoms with Gasteiger partial charge in [0, 0.05) is 30.5 Å². The Morgan fingerprint density at radius 3 is 2.42 bits per heavy atom. The van der Waals surface area contributed by atoms with E-state index in [1.165, 1.54) is 4.68 Å². The molecule has 0 unspecified atom stereocenters. The normalized spacial score (nSPS) is 15.4. The van der Waals surface area contributed by atoms with Gasteiger partial charge in [-0.1, -0.05) is 23.2 Å². The van der Waals surface area contributed by atoms with Gasteiger partial charge in [0.1, 0.15) is 5.02 Å². The molecule has 2 aromatic heterocycles. The molecule has 1 aliphatic heterocycles. The molecule has 8 heteroatoms. The molecule has 0 N–H and O–H groups in total. The average Bonchev–Trinajstić information content (AvgIpc) is 3.20. The minimum absolute atomic E-state index is 0.187. The first-order chi connectivity index (χ1) is 12.6. The highest BCUT2D eigenvalue weighted by Gasteiger charge is 2.24. The molecule has 3 aromatic rings. The van der Waals surface area contributed by atoms with Crippen molar-refractivity contribution in [3.63, 3.8) is 0 Å². The van der Waals surface area contributed by atoms with Crippen LogP contribution in [-0.2, 0) is 0 Å². The van der Waals surface area contributed by atoms with Gasteiger partial charge in [-0.2, -0.15) is 14.9 Å². The van der Waals surface area contributed by atoms with Crippen LogP contribution in [0.4, 0.5) is 5.69 Å². The number of anilines is 1. The van der Waals surface area contributed by atoms with E-state index in [0.29, 0.717) is 22.4 Å². The Morgan fingerprint density at radius 1 is 1.04 bits per heavy atom. The summed E-state index contributed by atoms with van der Waals surface area (Å²) in [5, 5.41) is 9.41. The fraction of sp³-hybridized carbons (Fsp3) is 0.278. The average molecular weight is 390 g/mol. The number of halogens is 2. The smallest absolute Gasteiger partial charge is 0.292 e. The van der Waals surface area contributed by atoms with Crippen LogP contribution in [0.5, 0.6) is 0 Å². The molecule has 3 heterocycles. The second-order valence-electron chi connectivity index (χ2n) is 6.24. The molecule has 0 aliphatic carbocycles. The summed E-state index contributed by atoms with van der Waals surface area (Å²) in [5.74, 6) is 0. The lowest BCUT2D eigenvalue weighted by Crippen LogP contribution is -2.36. The Morgan fingerprint density at radius 2 is 1.77 bits per heavy atom. The first-order valence-electron chi connectivity index (χ1n) is 8.41. The van der Waals surface area contributed by atoms with Gasteiger partial charge < -0.3 is 4.90 Å². The molecule has 1 aliphatic rings. The second kappa shape index (κ2) is 7.13. The number of benzene rings is 1. The minimum Gasteiger partial charge on any atom is -0.369 e. The van der Waals surface area contributed by atoms with Crippen molar-refractivity contribution in [1.29, 1.82) is 0 Å². The Bertz CT molecular complexity index is 945. The molecule has 0 bridgehead atoms. The molecule has 26 heavy (non-hydrogen) atoms. The second-order valence-corrected chi connectivity index (χ2v) is 7.06.